The minimum Gasteiger partial charge on any atom is -0.484 e. The number of benzene rings is 2. The van der Waals surface area contributed by atoms with Crippen LogP contribution in [0.25, 0.3) is 0 Å². The van der Waals surface area contributed by atoms with E-state index in [0.717, 1.165) is 11.3 Å². The molecular formula is C22H22N2O3. The van der Waals surface area contributed by atoms with Crippen molar-refractivity contribution < 1.29 is 14.3 Å². The normalized spacial score (nSPS) is 10.5. The monoisotopic (exact) mass is 362 g/mol. The van der Waals surface area contributed by atoms with E-state index >= 15 is 0 Å². The molecule has 3 rings (SSSR count). The lowest BCUT2D eigenvalue weighted by atomic mass is 10.0. The summed E-state index contributed by atoms with van der Waals surface area (Å²) < 4.78 is 11.2. The molecule has 0 radical (unpaired) electrons. The predicted molar refractivity (Wildman–Crippen MR) is 105 cm³/mol. The molecule has 0 atom stereocenters. The first-order chi connectivity index (χ1) is 13.1. The van der Waals surface area contributed by atoms with Gasteiger partial charge in [0.25, 0.3) is 5.91 Å². The largest absolute Gasteiger partial charge is 0.484 e. The van der Waals surface area contributed by atoms with E-state index in [1.165, 1.54) is 0 Å². The van der Waals surface area contributed by atoms with Crippen LogP contribution in [0.2, 0.25) is 0 Å². The Morgan fingerprint density at radius 2 is 1.67 bits per heavy atom. The number of ether oxygens (including phenoxy) is 2. The Hall–Kier alpha value is -3.34. The zero-order valence-electron chi connectivity index (χ0n) is 15.4. The number of carbonyl (C=O) groups excluding carboxylic acids is 1. The van der Waals surface area contributed by atoms with Crippen molar-refractivity contribution in [2.24, 2.45) is 0 Å². The molecule has 1 aromatic heterocycles. The first kappa shape index (κ1) is 18.5. The Morgan fingerprint density at radius 3 is 2.37 bits per heavy atom. The molecule has 5 nitrogen and oxygen atoms in total. The van der Waals surface area contributed by atoms with Crippen molar-refractivity contribution in [2.45, 2.75) is 19.8 Å². The summed E-state index contributed by atoms with van der Waals surface area (Å²) in [7, 11) is 0. The topological polar surface area (TPSA) is 60.5 Å². The smallest absolute Gasteiger partial charge is 0.262 e. The lowest BCUT2D eigenvalue weighted by Gasteiger charge is -2.14. The van der Waals surface area contributed by atoms with Crippen LogP contribution in [0.15, 0.2) is 72.9 Å². The SMILES string of the molecule is CC(C)c1ccccc1NC(=O)COc1ccc(Oc2ccccn2)cc1. The fraction of sp³-hybridized carbons (Fsp3) is 0.182. The van der Waals surface area contributed by atoms with E-state index < -0.39 is 0 Å². The molecule has 0 aliphatic rings. The number of rotatable bonds is 7. The first-order valence-electron chi connectivity index (χ1n) is 8.82. The summed E-state index contributed by atoms with van der Waals surface area (Å²) in [5.41, 5.74) is 1.92. The number of para-hydroxylation sites is 1. The van der Waals surface area contributed by atoms with Crippen LogP contribution in [-0.4, -0.2) is 17.5 Å². The van der Waals surface area contributed by atoms with Crippen molar-refractivity contribution in [2.75, 3.05) is 11.9 Å². The maximum atomic E-state index is 12.2. The average Bonchev–Trinajstić information content (AvgIpc) is 2.68. The third kappa shape index (κ3) is 5.31. The second-order valence-corrected chi connectivity index (χ2v) is 6.32. The van der Waals surface area contributed by atoms with Gasteiger partial charge in [0.2, 0.25) is 5.88 Å². The predicted octanol–water partition coefficient (Wildman–Crippen LogP) is 5.01. The number of hydrogen-bond acceptors (Lipinski definition) is 4. The number of carbonyl (C=O) groups is 1. The molecule has 0 saturated carbocycles. The Morgan fingerprint density at radius 1 is 0.963 bits per heavy atom. The summed E-state index contributed by atoms with van der Waals surface area (Å²) in [4.78, 5) is 16.3. The number of aromatic nitrogens is 1. The van der Waals surface area contributed by atoms with Gasteiger partial charge in [-0.1, -0.05) is 38.1 Å². The van der Waals surface area contributed by atoms with Crippen LogP contribution in [-0.2, 0) is 4.79 Å². The standard InChI is InChI=1S/C22H22N2O3/c1-16(2)19-7-3-4-8-20(19)24-21(25)15-26-17-10-12-18(13-11-17)27-22-9-5-6-14-23-22/h3-14,16H,15H2,1-2H3,(H,24,25). The van der Waals surface area contributed by atoms with Crippen LogP contribution in [0.1, 0.15) is 25.3 Å². The summed E-state index contributed by atoms with van der Waals surface area (Å²) in [6.45, 7) is 4.12. The highest BCUT2D eigenvalue weighted by Crippen LogP contribution is 2.24. The van der Waals surface area contributed by atoms with Gasteiger partial charge in [0.15, 0.2) is 6.61 Å². The second-order valence-electron chi connectivity index (χ2n) is 6.32. The van der Waals surface area contributed by atoms with Gasteiger partial charge in [-0.25, -0.2) is 4.98 Å². The van der Waals surface area contributed by atoms with Crippen LogP contribution in [0.5, 0.6) is 17.4 Å². The van der Waals surface area contributed by atoms with Gasteiger partial charge in [-0.2, -0.15) is 0 Å². The minimum atomic E-state index is -0.197. The molecule has 0 spiro atoms. The number of amides is 1. The van der Waals surface area contributed by atoms with Gasteiger partial charge >= 0.3 is 0 Å². The molecular weight excluding hydrogens is 340 g/mol. The molecule has 0 saturated heterocycles. The zero-order valence-corrected chi connectivity index (χ0v) is 15.4. The van der Waals surface area contributed by atoms with Crippen LogP contribution in [0.3, 0.4) is 0 Å². The number of pyridine rings is 1. The van der Waals surface area contributed by atoms with Crippen LogP contribution >= 0.6 is 0 Å². The van der Waals surface area contributed by atoms with Crippen molar-refractivity contribution in [3.05, 3.63) is 78.5 Å². The van der Waals surface area contributed by atoms with E-state index in [2.05, 4.69) is 24.1 Å². The summed E-state index contributed by atoms with van der Waals surface area (Å²) in [6.07, 6.45) is 1.67. The van der Waals surface area contributed by atoms with Gasteiger partial charge in [-0.3, -0.25) is 4.79 Å². The van der Waals surface area contributed by atoms with E-state index in [9.17, 15) is 4.79 Å². The summed E-state index contributed by atoms with van der Waals surface area (Å²) in [6, 6.07) is 20.3. The lowest BCUT2D eigenvalue weighted by molar-refractivity contribution is -0.118. The molecule has 138 valence electrons. The van der Waals surface area contributed by atoms with E-state index in [1.54, 1.807) is 36.5 Å². The van der Waals surface area contributed by atoms with E-state index in [1.807, 2.05) is 36.4 Å². The van der Waals surface area contributed by atoms with Crippen LogP contribution in [0, 0.1) is 0 Å². The molecule has 1 amide bonds. The quantitative estimate of drug-likeness (QED) is 0.641. The molecule has 0 aliphatic heterocycles. The highest BCUT2D eigenvalue weighted by Gasteiger charge is 2.10. The molecule has 0 unspecified atom stereocenters. The number of anilines is 1. The zero-order chi connectivity index (χ0) is 19.1. The van der Waals surface area contributed by atoms with Gasteiger partial charge in [0.05, 0.1) is 0 Å². The Bertz CT molecular complexity index is 878. The Kier molecular flexibility index (Phi) is 6.05. The molecule has 0 bridgehead atoms. The Balaban J connectivity index is 1.53. The minimum absolute atomic E-state index is 0.0626. The van der Waals surface area contributed by atoms with Gasteiger partial charge < -0.3 is 14.8 Å². The van der Waals surface area contributed by atoms with Crippen molar-refractivity contribution >= 4 is 11.6 Å². The van der Waals surface area contributed by atoms with Crippen LogP contribution in [0.4, 0.5) is 5.69 Å². The molecule has 0 aliphatic carbocycles. The molecule has 1 heterocycles. The molecule has 3 aromatic rings. The van der Waals surface area contributed by atoms with Gasteiger partial charge in [-0.05, 0) is 47.9 Å². The number of hydrogen-bond donors (Lipinski definition) is 1. The van der Waals surface area contributed by atoms with Crippen molar-refractivity contribution in [3.63, 3.8) is 0 Å². The van der Waals surface area contributed by atoms with Crippen molar-refractivity contribution in [3.8, 4) is 17.4 Å². The lowest BCUT2D eigenvalue weighted by Crippen LogP contribution is -2.21. The molecule has 27 heavy (non-hydrogen) atoms. The highest BCUT2D eigenvalue weighted by atomic mass is 16.5. The van der Waals surface area contributed by atoms with E-state index in [4.69, 9.17) is 9.47 Å². The average molecular weight is 362 g/mol. The van der Waals surface area contributed by atoms with Gasteiger partial charge in [0.1, 0.15) is 11.5 Å². The third-order valence-electron chi connectivity index (χ3n) is 3.91. The highest BCUT2D eigenvalue weighted by molar-refractivity contribution is 5.92. The molecule has 0 fully saturated rings. The number of nitrogens with one attached hydrogen (secondary N) is 1. The maximum absolute atomic E-state index is 12.2. The first-order valence-corrected chi connectivity index (χ1v) is 8.82. The summed E-state index contributed by atoms with van der Waals surface area (Å²) >= 11 is 0. The molecule has 5 heteroatoms. The van der Waals surface area contributed by atoms with E-state index in [0.29, 0.717) is 23.3 Å². The van der Waals surface area contributed by atoms with E-state index in [-0.39, 0.29) is 12.5 Å². The fourth-order valence-electron chi connectivity index (χ4n) is 2.58. The molecule has 2 aromatic carbocycles. The van der Waals surface area contributed by atoms with Crippen molar-refractivity contribution in [1.82, 2.24) is 4.98 Å². The maximum Gasteiger partial charge on any atom is 0.262 e. The Labute approximate surface area is 159 Å². The summed E-state index contributed by atoms with van der Waals surface area (Å²) in [5, 5.41) is 2.91. The number of nitrogens with zero attached hydrogens (tertiary/aromatic N) is 1. The van der Waals surface area contributed by atoms with Crippen LogP contribution < -0.4 is 14.8 Å². The fourth-order valence-corrected chi connectivity index (χ4v) is 2.58. The van der Waals surface area contributed by atoms with Gasteiger partial charge in [0, 0.05) is 18.0 Å². The van der Waals surface area contributed by atoms with Crippen molar-refractivity contribution in [1.29, 1.82) is 0 Å². The van der Waals surface area contributed by atoms with Gasteiger partial charge in [-0.15, -0.1) is 0 Å². The summed E-state index contributed by atoms with van der Waals surface area (Å²) in [5.74, 6) is 1.90. The molecule has 1 N–H and O–H groups in total. The second kappa shape index (κ2) is 8.85. The third-order valence-corrected chi connectivity index (χ3v) is 3.91.